The van der Waals surface area contributed by atoms with Crippen molar-refractivity contribution < 1.29 is 9.53 Å². The molecule has 0 saturated carbocycles. The van der Waals surface area contributed by atoms with E-state index in [4.69, 9.17) is 4.74 Å². The zero-order valence-electron chi connectivity index (χ0n) is 14.4. The number of hydrogen-bond donors (Lipinski definition) is 1. The van der Waals surface area contributed by atoms with Crippen LogP contribution in [0.1, 0.15) is 24.5 Å². The second-order valence-electron chi connectivity index (χ2n) is 6.44. The highest BCUT2D eigenvalue weighted by Gasteiger charge is 2.21. The summed E-state index contributed by atoms with van der Waals surface area (Å²) in [4.78, 5) is 17.9. The molecule has 3 rings (SSSR count). The molecule has 1 atom stereocenters. The third-order valence-electron chi connectivity index (χ3n) is 4.52. The fourth-order valence-electron chi connectivity index (χ4n) is 3.26. The molecule has 1 aliphatic heterocycles. The number of carbonyl (C=O) groups excluding carboxylic acids is 1. The Hall–Kier alpha value is -1.98. The molecule has 1 aliphatic rings. The maximum atomic E-state index is 11.0. The van der Waals surface area contributed by atoms with Crippen molar-refractivity contribution in [2.24, 2.45) is 0 Å². The molecule has 1 aromatic heterocycles. The van der Waals surface area contributed by atoms with Crippen molar-refractivity contribution in [3.05, 3.63) is 41.6 Å². The van der Waals surface area contributed by atoms with Gasteiger partial charge in [-0.25, -0.2) is 0 Å². The summed E-state index contributed by atoms with van der Waals surface area (Å²) < 4.78 is 5.83. The monoisotopic (exact) mass is 327 g/mol. The summed E-state index contributed by atoms with van der Waals surface area (Å²) in [7, 11) is 0. The standard InChI is InChI=1S/C19H25N3O2/c1-14-5-6-16(18-4-3-8-21-19(14)18)12-22-10-11-24-17(13-22)7-9-20-15(2)23/h3-6,8,17H,7,9-13H2,1-2H3,(H,20,23). The topological polar surface area (TPSA) is 54.5 Å². The molecule has 0 bridgehead atoms. The van der Waals surface area contributed by atoms with E-state index < -0.39 is 0 Å². The van der Waals surface area contributed by atoms with Crippen LogP contribution in [0, 0.1) is 6.92 Å². The van der Waals surface area contributed by atoms with Gasteiger partial charge in [-0.3, -0.25) is 14.7 Å². The molecule has 5 heteroatoms. The number of amides is 1. The summed E-state index contributed by atoms with van der Waals surface area (Å²) in [6, 6.07) is 8.51. The molecule has 0 radical (unpaired) electrons. The number of nitrogens with one attached hydrogen (secondary N) is 1. The third-order valence-corrected chi connectivity index (χ3v) is 4.52. The fourth-order valence-corrected chi connectivity index (χ4v) is 3.26. The van der Waals surface area contributed by atoms with Crippen LogP contribution in [0.25, 0.3) is 10.9 Å². The summed E-state index contributed by atoms with van der Waals surface area (Å²) in [6.45, 7) is 7.80. The van der Waals surface area contributed by atoms with E-state index in [0.29, 0.717) is 6.54 Å². The molecule has 128 valence electrons. The lowest BCUT2D eigenvalue weighted by Gasteiger charge is -2.33. The van der Waals surface area contributed by atoms with Gasteiger partial charge in [0.25, 0.3) is 0 Å². The quantitative estimate of drug-likeness (QED) is 0.915. The van der Waals surface area contributed by atoms with E-state index in [0.717, 1.165) is 38.2 Å². The maximum absolute atomic E-state index is 11.0. The van der Waals surface area contributed by atoms with Gasteiger partial charge in [-0.15, -0.1) is 0 Å². The van der Waals surface area contributed by atoms with Crippen LogP contribution in [0.3, 0.4) is 0 Å². The number of pyridine rings is 1. The second-order valence-corrected chi connectivity index (χ2v) is 6.44. The van der Waals surface area contributed by atoms with Gasteiger partial charge in [-0.1, -0.05) is 18.2 Å². The molecular formula is C19H25N3O2. The van der Waals surface area contributed by atoms with Crippen LogP contribution >= 0.6 is 0 Å². The molecule has 2 aromatic rings. The lowest BCUT2D eigenvalue weighted by molar-refractivity contribution is -0.119. The Morgan fingerprint density at radius 3 is 3.12 bits per heavy atom. The average Bonchev–Trinajstić information content (AvgIpc) is 2.58. The molecule has 1 amide bonds. The SMILES string of the molecule is CC(=O)NCCC1CN(Cc2ccc(C)c3ncccc23)CCO1. The minimum Gasteiger partial charge on any atom is -0.375 e. The molecule has 1 unspecified atom stereocenters. The summed E-state index contributed by atoms with van der Waals surface area (Å²) >= 11 is 0. The van der Waals surface area contributed by atoms with Crippen LogP contribution < -0.4 is 5.32 Å². The van der Waals surface area contributed by atoms with E-state index in [9.17, 15) is 4.79 Å². The molecule has 2 heterocycles. The van der Waals surface area contributed by atoms with Gasteiger partial charge in [-0.2, -0.15) is 0 Å². The minimum atomic E-state index is 0.0151. The first-order valence-corrected chi connectivity index (χ1v) is 8.55. The number of nitrogens with zero attached hydrogens (tertiary/aromatic N) is 2. The second kappa shape index (κ2) is 7.73. The smallest absolute Gasteiger partial charge is 0.216 e. The van der Waals surface area contributed by atoms with E-state index in [2.05, 4.69) is 40.3 Å². The van der Waals surface area contributed by atoms with Crippen LogP contribution in [-0.2, 0) is 16.1 Å². The van der Waals surface area contributed by atoms with Crippen molar-refractivity contribution in [2.75, 3.05) is 26.2 Å². The van der Waals surface area contributed by atoms with E-state index in [-0.39, 0.29) is 12.0 Å². The summed E-state index contributed by atoms with van der Waals surface area (Å²) in [6.07, 6.45) is 2.89. The largest absolute Gasteiger partial charge is 0.375 e. The number of benzene rings is 1. The predicted molar refractivity (Wildman–Crippen MR) is 94.8 cm³/mol. The van der Waals surface area contributed by atoms with Gasteiger partial charge in [0.1, 0.15) is 0 Å². The Bertz CT molecular complexity index is 717. The molecule has 0 spiro atoms. The maximum Gasteiger partial charge on any atom is 0.216 e. The number of morpholine rings is 1. The Morgan fingerprint density at radius 2 is 2.29 bits per heavy atom. The van der Waals surface area contributed by atoms with E-state index in [1.165, 1.54) is 16.5 Å². The molecule has 0 aliphatic carbocycles. The van der Waals surface area contributed by atoms with Gasteiger partial charge >= 0.3 is 0 Å². The number of ether oxygens (including phenoxy) is 1. The third kappa shape index (κ3) is 4.10. The molecule has 5 nitrogen and oxygen atoms in total. The van der Waals surface area contributed by atoms with E-state index in [1.807, 2.05) is 12.3 Å². The van der Waals surface area contributed by atoms with Gasteiger partial charge in [0, 0.05) is 44.7 Å². The van der Waals surface area contributed by atoms with Crippen molar-refractivity contribution in [3.63, 3.8) is 0 Å². The molecule has 1 N–H and O–H groups in total. The van der Waals surface area contributed by atoms with Crippen molar-refractivity contribution in [2.45, 2.75) is 32.9 Å². The van der Waals surface area contributed by atoms with Crippen molar-refractivity contribution in [1.29, 1.82) is 0 Å². The Labute approximate surface area is 143 Å². The number of rotatable bonds is 5. The normalized spacial score (nSPS) is 18.7. The van der Waals surface area contributed by atoms with Gasteiger partial charge in [-0.05, 0) is 30.5 Å². The highest BCUT2D eigenvalue weighted by Crippen LogP contribution is 2.22. The van der Waals surface area contributed by atoms with Crippen LogP contribution in [0.5, 0.6) is 0 Å². The molecule has 24 heavy (non-hydrogen) atoms. The Morgan fingerprint density at radius 1 is 1.42 bits per heavy atom. The van der Waals surface area contributed by atoms with Crippen LogP contribution in [0.15, 0.2) is 30.5 Å². The summed E-state index contributed by atoms with van der Waals surface area (Å²) in [5.41, 5.74) is 3.61. The molecule has 1 saturated heterocycles. The van der Waals surface area contributed by atoms with E-state index >= 15 is 0 Å². The van der Waals surface area contributed by atoms with Crippen molar-refractivity contribution in [3.8, 4) is 0 Å². The Kier molecular flexibility index (Phi) is 5.43. The summed E-state index contributed by atoms with van der Waals surface area (Å²) in [5, 5.41) is 4.08. The first kappa shape index (κ1) is 16.9. The predicted octanol–water partition coefficient (Wildman–Crippen LogP) is 2.27. The van der Waals surface area contributed by atoms with Gasteiger partial charge < -0.3 is 10.1 Å². The highest BCUT2D eigenvalue weighted by atomic mass is 16.5. The fraction of sp³-hybridized carbons (Fsp3) is 0.474. The number of hydrogen-bond acceptors (Lipinski definition) is 4. The summed E-state index contributed by atoms with van der Waals surface area (Å²) in [5.74, 6) is 0.0151. The van der Waals surface area contributed by atoms with Crippen LogP contribution in [0.4, 0.5) is 0 Å². The van der Waals surface area contributed by atoms with Crippen LogP contribution in [0.2, 0.25) is 0 Å². The first-order chi connectivity index (χ1) is 11.6. The zero-order chi connectivity index (χ0) is 16.9. The van der Waals surface area contributed by atoms with Crippen molar-refractivity contribution in [1.82, 2.24) is 15.2 Å². The minimum absolute atomic E-state index is 0.0151. The van der Waals surface area contributed by atoms with Gasteiger partial charge in [0.15, 0.2) is 0 Å². The zero-order valence-corrected chi connectivity index (χ0v) is 14.4. The first-order valence-electron chi connectivity index (χ1n) is 8.55. The molecular weight excluding hydrogens is 302 g/mol. The highest BCUT2D eigenvalue weighted by molar-refractivity contribution is 5.84. The number of aryl methyl sites for hydroxylation is 1. The molecule has 1 fully saturated rings. The number of aromatic nitrogens is 1. The molecule has 1 aromatic carbocycles. The Balaban J connectivity index is 1.65. The van der Waals surface area contributed by atoms with Crippen molar-refractivity contribution >= 4 is 16.8 Å². The number of carbonyl (C=O) groups is 1. The lowest BCUT2D eigenvalue weighted by Crippen LogP contribution is -2.43. The van der Waals surface area contributed by atoms with E-state index in [1.54, 1.807) is 6.92 Å². The van der Waals surface area contributed by atoms with Gasteiger partial charge in [0.2, 0.25) is 5.91 Å². The number of fused-ring (bicyclic) bond motifs is 1. The lowest BCUT2D eigenvalue weighted by atomic mass is 10.0. The average molecular weight is 327 g/mol. The van der Waals surface area contributed by atoms with Crippen LogP contribution in [-0.4, -0.2) is 48.1 Å². The van der Waals surface area contributed by atoms with Gasteiger partial charge in [0.05, 0.1) is 18.2 Å².